The minimum atomic E-state index is 0.438. The van der Waals surface area contributed by atoms with Gasteiger partial charge in [-0.1, -0.05) is 13.3 Å². The molecule has 0 aromatic carbocycles. The minimum absolute atomic E-state index is 0.438. The quantitative estimate of drug-likeness (QED) is 0.379. The van der Waals surface area contributed by atoms with Crippen molar-refractivity contribution in [3.8, 4) is 0 Å². The third-order valence-corrected chi connectivity index (χ3v) is 5.32. The lowest BCUT2D eigenvalue weighted by atomic mass is 9.67. The number of anilines is 1. The Morgan fingerprint density at radius 1 is 1.23 bits per heavy atom. The summed E-state index contributed by atoms with van der Waals surface area (Å²) in [6.07, 6.45) is 8.53. The standard InChI is InChI=1S/C18H30N8/c1-4-18(7-6-8-18)12-22-17(19-5-2)21-10-9-20-15-14-11-25-26(3)16(14)24-13-23-15/h11,13H,4-10,12H2,1-3H3,(H2,19,21,22)(H,20,23,24). The Morgan fingerprint density at radius 2 is 2.08 bits per heavy atom. The van der Waals surface area contributed by atoms with Crippen LogP contribution in [0.25, 0.3) is 11.0 Å². The largest absolute Gasteiger partial charge is 0.368 e. The van der Waals surface area contributed by atoms with Gasteiger partial charge in [0.1, 0.15) is 12.1 Å². The van der Waals surface area contributed by atoms with Gasteiger partial charge in [-0.05, 0) is 31.6 Å². The van der Waals surface area contributed by atoms with Crippen molar-refractivity contribution in [2.75, 3.05) is 31.5 Å². The van der Waals surface area contributed by atoms with Gasteiger partial charge in [0.2, 0.25) is 0 Å². The third-order valence-electron chi connectivity index (χ3n) is 5.32. The molecule has 26 heavy (non-hydrogen) atoms. The molecule has 0 unspecified atom stereocenters. The SMILES string of the molecule is CCNC(=NCC1(CC)CCC1)NCCNc1ncnc2c1cnn2C. The highest BCUT2D eigenvalue weighted by Crippen LogP contribution is 2.43. The summed E-state index contributed by atoms with van der Waals surface area (Å²) in [5, 5.41) is 15.3. The highest BCUT2D eigenvalue weighted by Gasteiger charge is 2.34. The maximum absolute atomic E-state index is 4.80. The molecule has 0 atom stereocenters. The van der Waals surface area contributed by atoms with E-state index in [4.69, 9.17) is 4.99 Å². The average Bonchev–Trinajstić information content (AvgIpc) is 3.00. The van der Waals surface area contributed by atoms with Gasteiger partial charge in [-0.15, -0.1) is 0 Å². The summed E-state index contributed by atoms with van der Waals surface area (Å²) >= 11 is 0. The van der Waals surface area contributed by atoms with E-state index in [0.717, 1.165) is 49.0 Å². The highest BCUT2D eigenvalue weighted by atomic mass is 15.3. The van der Waals surface area contributed by atoms with Gasteiger partial charge < -0.3 is 16.0 Å². The average molecular weight is 358 g/mol. The minimum Gasteiger partial charge on any atom is -0.368 e. The molecule has 1 fully saturated rings. The molecule has 0 aliphatic heterocycles. The van der Waals surface area contributed by atoms with Crippen LogP contribution in [0.2, 0.25) is 0 Å². The van der Waals surface area contributed by atoms with E-state index in [1.807, 2.05) is 7.05 Å². The zero-order valence-corrected chi connectivity index (χ0v) is 16.0. The molecular weight excluding hydrogens is 328 g/mol. The summed E-state index contributed by atoms with van der Waals surface area (Å²) in [7, 11) is 1.88. The maximum atomic E-state index is 4.80. The van der Waals surface area contributed by atoms with E-state index in [1.165, 1.54) is 25.7 Å². The van der Waals surface area contributed by atoms with E-state index in [0.29, 0.717) is 5.41 Å². The van der Waals surface area contributed by atoms with Gasteiger partial charge in [-0.25, -0.2) is 9.97 Å². The summed E-state index contributed by atoms with van der Waals surface area (Å²) in [5.41, 5.74) is 1.27. The molecule has 8 heteroatoms. The number of aliphatic imine (C=N–C) groups is 1. The van der Waals surface area contributed by atoms with Crippen LogP contribution in [0.4, 0.5) is 5.82 Å². The molecule has 2 aromatic rings. The Kier molecular flexibility index (Phi) is 5.90. The van der Waals surface area contributed by atoms with Crippen molar-refractivity contribution in [3.63, 3.8) is 0 Å². The first-order valence-corrected chi connectivity index (χ1v) is 9.56. The second kappa shape index (κ2) is 8.33. The van der Waals surface area contributed by atoms with Crippen molar-refractivity contribution in [1.29, 1.82) is 0 Å². The fourth-order valence-corrected chi connectivity index (χ4v) is 3.35. The number of aryl methyl sites for hydroxylation is 1. The molecule has 0 bridgehead atoms. The molecule has 2 heterocycles. The third kappa shape index (κ3) is 4.05. The second-order valence-corrected chi connectivity index (χ2v) is 6.98. The second-order valence-electron chi connectivity index (χ2n) is 6.98. The van der Waals surface area contributed by atoms with Crippen LogP contribution in [0.1, 0.15) is 39.5 Å². The van der Waals surface area contributed by atoms with Crippen LogP contribution in [-0.2, 0) is 7.05 Å². The summed E-state index contributed by atoms with van der Waals surface area (Å²) < 4.78 is 1.75. The summed E-state index contributed by atoms with van der Waals surface area (Å²) in [6.45, 7) is 7.64. The summed E-state index contributed by atoms with van der Waals surface area (Å²) in [5.74, 6) is 1.70. The maximum Gasteiger partial charge on any atom is 0.191 e. The number of guanidine groups is 1. The van der Waals surface area contributed by atoms with Gasteiger partial charge in [0.25, 0.3) is 0 Å². The molecular formula is C18H30N8. The molecule has 1 aliphatic carbocycles. The molecule has 3 N–H and O–H groups in total. The Bertz CT molecular complexity index is 741. The van der Waals surface area contributed by atoms with Crippen molar-refractivity contribution >= 4 is 22.8 Å². The Labute approximate surface area is 154 Å². The van der Waals surface area contributed by atoms with Crippen molar-refractivity contribution in [2.24, 2.45) is 17.5 Å². The number of nitrogens with one attached hydrogen (secondary N) is 3. The van der Waals surface area contributed by atoms with Crippen LogP contribution in [0.3, 0.4) is 0 Å². The van der Waals surface area contributed by atoms with Crippen molar-refractivity contribution in [1.82, 2.24) is 30.4 Å². The number of nitrogens with zero attached hydrogens (tertiary/aromatic N) is 5. The Balaban J connectivity index is 1.51. The molecule has 8 nitrogen and oxygen atoms in total. The number of hydrogen-bond acceptors (Lipinski definition) is 5. The molecule has 0 saturated heterocycles. The molecule has 2 aromatic heterocycles. The van der Waals surface area contributed by atoms with Crippen LogP contribution < -0.4 is 16.0 Å². The first-order chi connectivity index (χ1) is 12.7. The fraction of sp³-hybridized carbons (Fsp3) is 0.667. The molecule has 0 radical (unpaired) electrons. The first-order valence-electron chi connectivity index (χ1n) is 9.56. The van der Waals surface area contributed by atoms with Gasteiger partial charge in [-0.2, -0.15) is 5.10 Å². The molecule has 0 spiro atoms. The number of fused-ring (bicyclic) bond motifs is 1. The molecule has 142 valence electrons. The number of rotatable bonds is 8. The number of hydrogen-bond donors (Lipinski definition) is 3. The van der Waals surface area contributed by atoms with Crippen LogP contribution >= 0.6 is 0 Å². The van der Waals surface area contributed by atoms with Crippen molar-refractivity contribution in [3.05, 3.63) is 12.5 Å². The lowest BCUT2D eigenvalue weighted by molar-refractivity contribution is 0.139. The molecule has 0 amide bonds. The Morgan fingerprint density at radius 3 is 2.77 bits per heavy atom. The van der Waals surface area contributed by atoms with Gasteiger partial charge >= 0.3 is 0 Å². The first kappa shape index (κ1) is 18.4. The van der Waals surface area contributed by atoms with Crippen LogP contribution in [0.5, 0.6) is 0 Å². The summed E-state index contributed by atoms with van der Waals surface area (Å²) in [4.78, 5) is 13.4. The van der Waals surface area contributed by atoms with Gasteiger partial charge in [0, 0.05) is 33.2 Å². The summed E-state index contributed by atoms with van der Waals surface area (Å²) in [6, 6.07) is 0. The fourth-order valence-electron chi connectivity index (χ4n) is 3.35. The van der Waals surface area contributed by atoms with Crippen molar-refractivity contribution < 1.29 is 0 Å². The Hall–Kier alpha value is -2.38. The van der Waals surface area contributed by atoms with E-state index in [2.05, 4.69) is 44.9 Å². The predicted octanol–water partition coefficient (Wildman–Crippen LogP) is 1.91. The zero-order valence-electron chi connectivity index (χ0n) is 16.0. The molecule has 3 rings (SSSR count). The van der Waals surface area contributed by atoms with E-state index in [-0.39, 0.29) is 0 Å². The monoisotopic (exact) mass is 358 g/mol. The zero-order chi connectivity index (χ0) is 18.4. The molecule has 1 aliphatic rings. The van der Waals surface area contributed by atoms with Crippen LogP contribution in [0.15, 0.2) is 17.5 Å². The normalized spacial score (nSPS) is 16.3. The number of aromatic nitrogens is 4. The van der Waals surface area contributed by atoms with E-state index >= 15 is 0 Å². The highest BCUT2D eigenvalue weighted by molar-refractivity contribution is 5.86. The lowest BCUT2D eigenvalue weighted by Crippen LogP contribution is -2.41. The van der Waals surface area contributed by atoms with Crippen LogP contribution in [-0.4, -0.2) is 51.9 Å². The van der Waals surface area contributed by atoms with E-state index in [1.54, 1.807) is 17.2 Å². The van der Waals surface area contributed by atoms with E-state index in [9.17, 15) is 0 Å². The van der Waals surface area contributed by atoms with E-state index < -0.39 is 0 Å². The van der Waals surface area contributed by atoms with Gasteiger partial charge in [-0.3, -0.25) is 9.67 Å². The smallest absolute Gasteiger partial charge is 0.191 e. The topological polar surface area (TPSA) is 92.1 Å². The lowest BCUT2D eigenvalue weighted by Gasteiger charge is -2.40. The van der Waals surface area contributed by atoms with Crippen LogP contribution in [0, 0.1) is 5.41 Å². The van der Waals surface area contributed by atoms with Gasteiger partial charge in [0.15, 0.2) is 11.6 Å². The molecule has 1 saturated carbocycles. The predicted molar refractivity (Wildman–Crippen MR) is 105 cm³/mol. The van der Waals surface area contributed by atoms with Gasteiger partial charge in [0.05, 0.1) is 11.6 Å². The van der Waals surface area contributed by atoms with Crippen molar-refractivity contribution in [2.45, 2.75) is 39.5 Å².